The molecular formula is C14H16ClN3O2S. The molecule has 0 unspecified atom stereocenters. The number of hydrogen-bond acceptors (Lipinski definition) is 5. The zero-order valence-electron chi connectivity index (χ0n) is 11.8. The number of ether oxygens (including phenoxy) is 1. The van der Waals surface area contributed by atoms with E-state index in [9.17, 15) is 4.79 Å². The number of hydrogen-bond donors (Lipinski definition) is 2. The predicted molar refractivity (Wildman–Crippen MR) is 85.1 cm³/mol. The maximum absolute atomic E-state index is 12.2. The number of amides is 1. The fourth-order valence-electron chi connectivity index (χ4n) is 1.77. The van der Waals surface area contributed by atoms with Crippen molar-refractivity contribution in [2.24, 2.45) is 0 Å². The van der Waals surface area contributed by atoms with Gasteiger partial charge in [-0.3, -0.25) is 4.79 Å². The normalized spacial score (nSPS) is 10.4. The van der Waals surface area contributed by atoms with Crippen LogP contribution in [0.5, 0.6) is 5.75 Å². The number of anilines is 1. The Labute approximate surface area is 132 Å². The van der Waals surface area contributed by atoms with E-state index in [1.807, 2.05) is 12.3 Å². The van der Waals surface area contributed by atoms with Crippen LogP contribution in [0.25, 0.3) is 0 Å². The van der Waals surface area contributed by atoms with Crippen molar-refractivity contribution in [2.75, 3.05) is 12.8 Å². The summed E-state index contributed by atoms with van der Waals surface area (Å²) in [5, 5.41) is 6.11. The number of benzene rings is 1. The van der Waals surface area contributed by atoms with Gasteiger partial charge in [-0.25, -0.2) is 4.98 Å². The molecule has 0 bridgehead atoms. The second-order valence-electron chi connectivity index (χ2n) is 4.34. The minimum atomic E-state index is -0.278. The molecule has 0 spiro atoms. The zero-order valence-corrected chi connectivity index (χ0v) is 13.3. The van der Waals surface area contributed by atoms with E-state index in [4.69, 9.17) is 22.1 Å². The van der Waals surface area contributed by atoms with Crippen LogP contribution in [0.1, 0.15) is 28.0 Å². The van der Waals surface area contributed by atoms with E-state index in [2.05, 4.69) is 10.3 Å². The van der Waals surface area contributed by atoms with Gasteiger partial charge in [-0.15, -0.1) is 11.3 Å². The molecule has 3 N–H and O–H groups in total. The zero-order chi connectivity index (χ0) is 15.4. The van der Waals surface area contributed by atoms with Crippen LogP contribution >= 0.6 is 22.9 Å². The van der Waals surface area contributed by atoms with Gasteiger partial charge in [0.25, 0.3) is 5.91 Å². The number of thiazole rings is 1. The Morgan fingerprint density at radius 1 is 1.52 bits per heavy atom. The molecule has 0 saturated carbocycles. The summed E-state index contributed by atoms with van der Waals surface area (Å²) < 4.78 is 5.16. The van der Waals surface area contributed by atoms with Crippen LogP contribution in [0.4, 0.5) is 5.69 Å². The van der Waals surface area contributed by atoms with Crippen molar-refractivity contribution in [1.29, 1.82) is 0 Å². The first-order chi connectivity index (χ1) is 10.0. The Morgan fingerprint density at radius 2 is 2.29 bits per heavy atom. The second kappa shape index (κ2) is 6.78. The van der Waals surface area contributed by atoms with E-state index in [1.54, 1.807) is 11.3 Å². The molecule has 21 heavy (non-hydrogen) atoms. The molecule has 0 radical (unpaired) electrons. The number of rotatable bonds is 5. The first kappa shape index (κ1) is 15.6. The highest BCUT2D eigenvalue weighted by molar-refractivity contribution is 7.09. The third kappa shape index (κ3) is 3.65. The Bertz CT molecular complexity index is 658. The van der Waals surface area contributed by atoms with E-state index in [0.29, 0.717) is 28.6 Å². The summed E-state index contributed by atoms with van der Waals surface area (Å²) in [6.45, 7) is 2.41. The van der Waals surface area contributed by atoms with Crippen LogP contribution in [-0.4, -0.2) is 18.0 Å². The van der Waals surface area contributed by atoms with E-state index in [1.165, 1.54) is 19.2 Å². The average molecular weight is 326 g/mol. The number of nitrogens with two attached hydrogens (primary N) is 1. The summed E-state index contributed by atoms with van der Waals surface area (Å²) >= 11 is 7.54. The summed E-state index contributed by atoms with van der Waals surface area (Å²) in [6, 6.07) is 3.04. The molecule has 0 fully saturated rings. The van der Waals surface area contributed by atoms with Gasteiger partial charge in [-0.2, -0.15) is 0 Å². The van der Waals surface area contributed by atoms with Crippen LogP contribution in [-0.2, 0) is 13.0 Å². The highest BCUT2D eigenvalue weighted by atomic mass is 35.5. The standard InChI is InChI=1S/C14H16ClN3O2S/c1-3-13-18-8(7-21-13)6-17-14(19)9-4-10(15)11(16)5-12(9)20-2/h4-5,7H,3,6,16H2,1-2H3,(H,17,19). The summed E-state index contributed by atoms with van der Waals surface area (Å²) in [7, 11) is 1.48. The van der Waals surface area contributed by atoms with E-state index in [0.717, 1.165) is 17.1 Å². The molecule has 5 nitrogen and oxygen atoms in total. The maximum Gasteiger partial charge on any atom is 0.255 e. The fraction of sp³-hybridized carbons (Fsp3) is 0.286. The Balaban J connectivity index is 2.11. The number of carbonyl (C=O) groups is 1. The Morgan fingerprint density at radius 3 is 2.90 bits per heavy atom. The number of nitrogens with zero attached hydrogens (tertiary/aromatic N) is 1. The van der Waals surface area contributed by atoms with Gasteiger partial charge >= 0.3 is 0 Å². The molecule has 112 valence electrons. The van der Waals surface area contributed by atoms with E-state index < -0.39 is 0 Å². The van der Waals surface area contributed by atoms with E-state index >= 15 is 0 Å². The van der Waals surface area contributed by atoms with E-state index in [-0.39, 0.29) is 5.91 Å². The molecule has 0 aliphatic heterocycles. The smallest absolute Gasteiger partial charge is 0.255 e. The molecule has 1 aromatic heterocycles. The number of nitrogens with one attached hydrogen (secondary N) is 1. The lowest BCUT2D eigenvalue weighted by molar-refractivity contribution is 0.0947. The molecular weight excluding hydrogens is 310 g/mol. The molecule has 0 aliphatic carbocycles. The van der Waals surface area contributed by atoms with Crippen molar-refractivity contribution in [2.45, 2.75) is 19.9 Å². The Kier molecular flexibility index (Phi) is 5.03. The molecule has 0 saturated heterocycles. The number of aromatic nitrogens is 1. The third-order valence-corrected chi connectivity index (χ3v) is 4.26. The van der Waals surface area contributed by atoms with Crippen LogP contribution in [0.2, 0.25) is 5.02 Å². The molecule has 1 aromatic carbocycles. The number of nitrogen functional groups attached to an aromatic ring is 1. The van der Waals surface area contributed by atoms with Crippen LogP contribution in [0.3, 0.4) is 0 Å². The van der Waals surface area contributed by atoms with Crippen molar-refractivity contribution in [3.63, 3.8) is 0 Å². The highest BCUT2D eigenvalue weighted by Crippen LogP contribution is 2.28. The summed E-state index contributed by atoms with van der Waals surface area (Å²) in [5.41, 5.74) is 7.26. The van der Waals surface area contributed by atoms with Gasteiger partial charge in [0.05, 0.1) is 40.6 Å². The van der Waals surface area contributed by atoms with Crippen LogP contribution in [0.15, 0.2) is 17.5 Å². The number of halogens is 1. The van der Waals surface area contributed by atoms with Crippen molar-refractivity contribution in [3.8, 4) is 5.75 Å². The lowest BCUT2D eigenvalue weighted by atomic mass is 10.1. The van der Waals surface area contributed by atoms with Crippen molar-refractivity contribution in [3.05, 3.63) is 38.8 Å². The fourth-order valence-corrected chi connectivity index (χ4v) is 2.68. The Hall–Kier alpha value is -1.79. The molecule has 0 atom stereocenters. The molecule has 1 heterocycles. The first-order valence-corrected chi connectivity index (χ1v) is 7.65. The SMILES string of the molecule is CCc1nc(CNC(=O)c2cc(Cl)c(N)cc2OC)cs1. The topological polar surface area (TPSA) is 77.2 Å². The third-order valence-electron chi connectivity index (χ3n) is 2.90. The molecule has 1 amide bonds. The number of methoxy groups -OCH3 is 1. The first-order valence-electron chi connectivity index (χ1n) is 6.39. The summed E-state index contributed by atoms with van der Waals surface area (Å²) in [6.07, 6.45) is 0.889. The average Bonchev–Trinajstić information content (AvgIpc) is 2.95. The minimum absolute atomic E-state index is 0.278. The van der Waals surface area contributed by atoms with Crippen molar-refractivity contribution < 1.29 is 9.53 Å². The molecule has 2 rings (SSSR count). The quantitative estimate of drug-likeness (QED) is 0.829. The number of carbonyl (C=O) groups excluding carboxylic acids is 1. The van der Waals surface area contributed by atoms with Gasteiger partial charge in [-0.1, -0.05) is 18.5 Å². The van der Waals surface area contributed by atoms with Gasteiger partial charge in [0.1, 0.15) is 5.75 Å². The van der Waals surface area contributed by atoms with Gasteiger partial charge in [-0.05, 0) is 12.5 Å². The maximum atomic E-state index is 12.2. The number of aryl methyl sites for hydroxylation is 1. The lowest BCUT2D eigenvalue weighted by Crippen LogP contribution is -2.23. The minimum Gasteiger partial charge on any atom is -0.496 e. The molecule has 0 aliphatic rings. The summed E-state index contributed by atoms with van der Waals surface area (Å²) in [5.74, 6) is 0.113. The molecule has 2 aromatic rings. The monoisotopic (exact) mass is 325 g/mol. The van der Waals surface area contributed by atoms with Crippen LogP contribution < -0.4 is 15.8 Å². The van der Waals surface area contributed by atoms with Gasteiger partial charge in [0.15, 0.2) is 0 Å². The van der Waals surface area contributed by atoms with Crippen molar-refractivity contribution in [1.82, 2.24) is 10.3 Å². The second-order valence-corrected chi connectivity index (χ2v) is 5.69. The largest absolute Gasteiger partial charge is 0.496 e. The van der Waals surface area contributed by atoms with Gasteiger partial charge in [0.2, 0.25) is 0 Å². The van der Waals surface area contributed by atoms with Gasteiger partial charge in [0, 0.05) is 11.4 Å². The molecule has 7 heteroatoms. The van der Waals surface area contributed by atoms with Crippen molar-refractivity contribution >= 4 is 34.5 Å². The lowest BCUT2D eigenvalue weighted by Gasteiger charge is -2.10. The predicted octanol–water partition coefficient (Wildman–Crippen LogP) is 2.88. The van der Waals surface area contributed by atoms with Gasteiger partial charge < -0.3 is 15.8 Å². The highest BCUT2D eigenvalue weighted by Gasteiger charge is 2.15. The van der Waals surface area contributed by atoms with Crippen LogP contribution in [0, 0.1) is 0 Å². The summed E-state index contributed by atoms with van der Waals surface area (Å²) in [4.78, 5) is 16.6.